The van der Waals surface area contributed by atoms with E-state index in [9.17, 15) is 4.79 Å². The first kappa shape index (κ1) is 24.7. The van der Waals surface area contributed by atoms with Crippen molar-refractivity contribution in [3.63, 3.8) is 0 Å². The van der Waals surface area contributed by atoms with Gasteiger partial charge in [-0.1, -0.05) is 67.6 Å². The standard InChI is InChI=1S/C29H34N4O2S/c1-2-26(23-9-5-3-6-10-23)28(34)32(16-15-31-17-19-35-20-18-31)14-13-25-22-36-29-30-27(21-33(25)29)24-11-7-4-8-12-24/h3-12,21-22,26H,2,13-20H2,1H3. The van der Waals surface area contributed by atoms with E-state index in [-0.39, 0.29) is 11.8 Å². The molecular weight excluding hydrogens is 468 g/mol. The third kappa shape index (κ3) is 5.69. The molecule has 4 aromatic rings. The van der Waals surface area contributed by atoms with Crippen molar-refractivity contribution in [2.24, 2.45) is 0 Å². The van der Waals surface area contributed by atoms with Crippen LogP contribution in [0.2, 0.25) is 0 Å². The predicted molar refractivity (Wildman–Crippen MR) is 146 cm³/mol. The van der Waals surface area contributed by atoms with Gasteiger partial charge in [-0.3, -0.25) is 14.1 Å². The lowest BCUT2D eigenvalue weighted by Gasteiger charge is -2.32. The third-order valence-electron chi connectivity index (χ3n) is 7.00. The van der Waals surface area contributed by atoms with Crippen LogP contribution in [0.5, 0.6) is 0 Å². The Morgan fingerprint density at radius 3 is 2.50 bits per heavy atom. The summed E-state index contributed by atoms with van der Waals surface area (Å²) >= 11 is 1.66. The number of thiazole rings is 1. The molecule has 36 heavy (non-hydrogen) atoms. The molecule has 0 saturated carbocycles. The van der Waals surface area contributed by atoms with E-state index in [1.807, 2.05) is 36.4 Å². The number of hydrogen-bond donors (Lipinski definition) is 0. The van der Waals surface area contributed by atoms with Gasteiger partial charge in [-0.05, 0) is 12.0 Å². The van der Waals surface area contributed by atoms with Crippen LogP contribution in [0.3, 0.4) is 0 Å². The van der Waals surface area contributed by atoms with Gasteiger partial charge >= 0.3 is 0 Å². The molecule has 0 radical (unpaired) electrons. The summed E-state index contributed by atoms with van der Waals surface area (Å²) in [6, 6.07) is 20.5. The van der Waals surface area contributed by atoms with Gasteiger partial charge in [0.05, 0.1) is 24.8 Å². The molecule has 7 heteroatoms. The highest BCUT2D eigenvalue weighted by Gasteiger charge is 2.25. The molecule has 6 nitrogen and oxygen atoms in total. The van der Waals surface area contributed by atoms with Crippen LogP contribution in [0, 0.1) is 0 Å². The summed E-state index contributed by atoms with van der Waals surface area (Å²) in [6.45, 7) is 7.81. The summed E-state index contributed by atoms with van der Waals surface area (Å²) in [6.07, 6.45) is 3.71. The van der Waals surface area contributed by atoms with Crippen molar-refractivity contribution in [2.45, 2.75) is 25.7 Å². The van der Waals surface area contributed by atoms with E-state index in [1.165, 1.54) is 5.69 Å². The second-order valence-corrected chi connectivity index (χ2v) is 10.1. The number of amides is 1. The number of carbonyl (C=O) groups is 1. The molecule has 1 aliphatic heterocycles. The van der Waals surface area contributed by atoms with E-state index in [4.69, 9.17) is 9.72 Å². The van der Waals surface area contributed by atoms with Gasteiger partial charge in [0.25, 0.3) is 0 Å². The number of fused-ring (bicyclic) bond motifs is 1. The first-order valence-electron chi connectivity index (χ1n) is 12.9. The maximum atomic E-state index is 13.8. The van der Waals surface area contributed by atoms with E-state index in [0.29, 0.717) is 6.54 Å². The SMILES string of the molecule is CCC(C(=O)N(CCc1csc2nc(-c3ccccc3)cn12)CCN1CCOCC1)c1ccccc1. The maximum Gasteiger partial charge on any atom is 0.230 e. The first-order valence-corrected chi connectivity index (χ1v) is 13.8. The molecule has 3 heterocycles. The van der Waals surface area contributed by atoms with Crippen LogP contribution in [0.25, 0.3) is 16.2 Å². The van der Waals surface area contributed by atoms with Crippen LogP contribution < -0.4 is 0 Å². The Bertz CT molecular complexity index is 1250. The Hall–Kier alpha value is -3.00. The molecule has 0 aliphatic carbocycles. The largest absolute Gasteiger partial charge is 0.379 e. The molecule has 1 atom stereocenters. The van der Waals surface area contributed by atoms with Gasteiger partial charge in [0.1, 0.15) is 0 Å². The molecule has 1 saturated heterocycles. The minimum absolute atomic E-state index is 0.115. The minimum atomic E-state index is -0.115. The number of carbonyl (C=O) groups excluding carboxylic acids is 1. The zero-order chi connectivity index (χ0) is 24.7. The van der Waals surface area contributed by atoms with Crippen molar-refractivity contribution >= 4 is 22.2 Å². The molecule has 1 unspecified atom stereocenters. The number of aromatic nitrogens is 2. The summed E-state index contributed by atoms with van der Waals surface area (Å²) in [5, 5.41) is 2.18. The number of benzene rings is 2. The summed E-state index contributed by atoms with van der Waals surface area (Å²) in [4.78, 5) is 24.1. The number of imidazole rings is 1. The third-order valence-corrected chi connectivity index (χ3v) is 7.89. The van der Waals surface area contributed by atoms with Gasteiger partial charge < -0.3 is 9.64 Å². The van der Waals surface area contributed by atoms with Gasteiger partial charge in [0, 0.05) is 62.0 Å². The van der Waals surface area contributed by atoms with Crippen LogP contribution in [0.4, 0.5) is 0 Å². The van der Waals surface area contributed by atoms with E-state index >= 15 is 0 Å². The fourth-order valence-electron chi connectivity index (χ4n) is 4.88. The highest BCUT2D eigenvalue weighted by Crippen LogP contribution is 2.25. The second-order valence-electron chi connectivity index (χ2n) is 9.27. The smallest absolute Gasteiger partial charge is 0.230 e. The highest BCUT2D eigenvalue weighted by molar-refractivity contribution is 7.15. The number of hydrogen-bond acceptors (Lipinski definition) is 5. The van der Waals surface area contributed by atoms with E-state index in [0.717, 1.165) is 74.0 Å². The van der Waals surface area contributed by atoms with Gasteiger partial charge in [-0.15, -0.1) is 11.3 Å². The highest BCUT2D eigenvalue weighted by atomic mass is 32.1. The molecule has 0 spiro atoms. The normalized spacial score (nSPS) is 15.2. The van der Waals surface area contributed by atoms with E-state index in [2.05, 4.69) is 57.0 Å². The maximum absolute atomic E-state index is 13.8. The predicted octanol–water partition coefficient (Wildman–Crippen LogP) is 4.96. The van der Waals surface area contributed by atoms with Crippen molar-refractivity contribution < 1.29 is 9.53 Å². The van der Waals surface area contributed by atoms with Crippen LogP contribution in [-0.2, 0) is 16.0 Å². The minimum Gasteiger partial charge on any atom is -0.379 e. The van der Waals surface area contributed by atoms with Crippen molar-refractivity contribution in [2.75, 3.05) is 45.9 Å². The summed E-state index contributed by atoms with van der Waals surface area (Å²) in [5.41, 5.74) is 4.40. The number of rotatable bonds is 10. The summed E-state index contributed by atoms with van der Waals surface area (Å²) < 4.78 is 7.70. The average Bonchev–Trinajstić information content (AvgIpc) is 3.52. The first-order chi connectivity index (χ1) is 17.7. The lowest BCUT2D eigenvalue weighted by atomic mass is 9.95. The summed E-state index contributed by atoms with van der Waals surface area (Å²) in [7, 11) is 0. The molecule has 1 aliphatic rings. The van der Waals surface area contributed by atoms with Gasteiger partial charge in [-0.25, -0.2) is 4.98 Å². The Labute approximate surface area is 217 Å². The molecule has 0 bridgehead atoms. The van der Waals surface area contributed by atoms with Crippen molar-refractivity contribution in [3.8, 4) is 11.3 Å². The molecule has 0 N–H and O–H groups in total. The Morgan fingerprint density at radius 2 is 1.78 bits per heavy atom. The number of morpholine rings is 1. The number of nitrogens with zero attached hydrogens (tertiary/aromatic N) is 4. The fourth-order valence-corrected chi connectivity index (χ4v) is 5.79. The lowest BCUT2D eigenvalue weighted by molar-refractivity contribution is -0.133. The molecule has 1 fully saturated rings. The fraction of sp³-hybridized carbons (Fsp3) is 0.379. The molecule has 5 rings (SSSR count). The summed E-state index contributed by atoms with van der Waals surface area (Å²) in [5.74, 6) is 0.107. The van der Waals surface area contributed by atoms with Gasteiger partial charge in [-0.2, -0.15) is 0 Å². The second kappa shape index (κ2) is 11.8. The molecular formula is C29H34N4O2S. The van der Waals surface area contributed by atoms with Crippen LogP contribution in [-0.4, -0.2) is 71.0 Å². The molecule has 2 aromatic heterocycles. The van der Waals surface area contributed by atoms with E-state index < -0.39 is 0 Å². The Morgan fingerprint density at radius 1 is 1.06 bits per heavy atom. The van der Waals surface area contributed by atoms with E-state index in [1.54, 1.807) is 11.3 Å². The molecule has 1 amide bonds. The van der Waals surface area contributed by atoms with Crippen LogP contribution in [0.15, 0.2) is 72.2 Å². The van der Waals surface area contributed by atoms with Crippen molar-refractivity contribution in [1.29, 1.82) is 0 Å². The van der Waals surface area contributed by atoms with Crippen molar-refractivity contribution in [3.05, 3.63) is 83.5 Å². The lowest BCUT2D eigenvalue weighted by Crippen LogP contribution is -2.45. The van der Waals surface area contributed by atoms with Gasteiger partial charge in [0.2, 0.25) is 5.91 Å². The molecule has 188 valence electrons. The zero-order valence-corrected chi connectivity index (χ0v) is 21.7. The topological polar surface area (TPSA) is 50.1 Å². The van der Waals surface area contributed by atoms with Gasteiger partial charge in [0.15, 0.2) is 4.96 Å². The average molecular weight is 503 g/mol. The monoisotopic (exact) mass is 502 g/mol. The van der Waals surface area contributed by atoms with Crippen LogP contribution >= 0.6 is 11.3 Å². The molecule has 2 aromatic carbocycles. The Balaban J connectivity index is 1.33. The quantitative estimate of drug-likeness (QED) is 0.308. The van der Waals surface area contributed by atoms with Crippen LogP contribution in [0.1, 0.15) is 30.5 Å². The zero-order valence-electron chi connectivity index (χ0n) is 20.9. The Kier molecular flexibility index (Phi) is 8.11. The van der Waals surface area contributed by atoms with Crippen molar-refractivity contribution in [1.82, 2.24) is 19.2 Å². The number of ether oxygens (including phenoxy) is 1.